The third kappa shape index (κ3) is 1.91. The second-order valence-corrected chi connectivity index (χ2v) is 5.58. The molecule has 3 heterocycles. The fraction of sp³-hybridized carbons (Fsp3) is 0.333. The summed E-state index contributed by atoms with van der Waals surface area (Å²) < 4.78 is 1.86. The van der Waals surface area contributed by atoms with Gasteiger partial charge in [0.05, 0.1) is 16.6 Å². The van der Waals surface area contributed by atoms with Crippen molar-refractivity contribution in [3.63, 3.8) is 0 Å². The molecule has 6 nitrogen and oxygen atoms in total. The van der Waals surface area contributed by atoms with Crippen molar-refractivity contribution in [2.75, 3.05) is 18.8 Å². The molecule has 0 amide bonds. The van der Waals surface area contributed by atoms with E-state index in [1.807, 2.05) is 22.7 Å². The standard InChI is InChI=1S/C15H17N5O/c16-10-2-1-3-11-14(10)15-18-13(21)8-12(20(15)19-11)9-4-6-17-7-5-9/h1-3,8-9,17H,4-7,16H2,(H,18,21). The number of nitrogen functional groups attached to an aromatic ring is 1. The van der Waals surface area contributed by atoms with E-state index in [1.54, 1.807) is 6.07 Å². The molecule has 1 aromatic carbocycles. The molecule has 3 aromatic rings. The molecule has 108 valence electrons. The Morgan fingerprint density at radius 3 is 2.90 bits per heavy atom. The van der Waals surface area contributed by atoms with Gasteiger partial charge in [0.1, 0.15) is 5.65 Å². The van der Waals surface area contributed by atoms with Crippen molar-refractivity contribution in [1.82, 2.24) is 19.9 Å². The minimum atomic E-state index is -0.0962. The number of hydrogen-bond donors (Lipinski definition) is 3. The first kappa shape index (κ1) is 12.4. The van der Waals surface area contributed by atoms with Crippen molar-refractivity contribution >= 4 is 22.2 Å². The van der Waals surface area contributed by atoms with E-state index < -0.39 is 0 Å². The van der Waals surface area contributed by atoms with Crippen LogP contribution in [0.3, 0.4) is 0 Å². The molecule has 1 aliphatic heterocycles. The van der Waals surface area contributed by atoms with Gasteiger partial charge in [-0.3, -0.25) is 4.79 Å². The summed E-state index contributed by atoms with van der Waals surface area (Å²) >= 11 is 0. The number of H-pyrrole nitrogens is 1. The van der Waals surface area contributed by atoms with E-state index in [9.17, 15) is 4.79 Å². The number of anilines is 1. The highest BCUT2D eigenvalue weighted by atomic mass is 16.1. The van der Waals surface area contributed by atoms with Gasteiger partial charge in [0.2, 0.25) is 0 Å². The van der Waals surface area contributed by atoms with E-state index in [-0.39, 0.29) is 5.56 Å². The third-order valence-electron chi connectivity index (χ3n) is 4.25. The highest BCUT2D eigenvalue weighted by molar-refractivity contribution is 6.01. The van der Waals surface area contributed by atoms with Crippen LogP contribution in [0.1, 0.15) is 24.5 Å². The number of rotatable bonds is 1. The predicted molar refractivity (Wildman–Crippen MR) is 82.6 cm³/mol. The molecule has 0 bridgehead atoms. The van der Waals surface area contributed by atoms with Crippen LogP contribution in [-0.2, 0) is 0 Å². The van der Waals surface area contributed by atoms with Crippen molar-refractivity contribution in [3.8, 4) is 0 Å². The van der Waals surface area contributed by atoms with Gasteiger partial charge in [0, 0.05) is 17.7 Å². The maximum Gasteiger partial charge on any atom is 0.251 e. The lowest BCUT2D eigenvalue weighted by Gasteiger charge is -2.23. The quantitative estimate of drug-likeness (QED) is 0.586. The summed E-state index contributed by atoms with van der Waals surface area (Å²) in [5, 5.41) is 8.81. The Morgan fingerprint density at radius 1 is 1.29 bits per heavy atom. The lowest BCUT2D eigenvalue weighted by atomic mass is 9.94. The number of fused-ring (bicyclic) bond motifs is 3. The molecule has 0 saturated carbocycles. The molecule has 1 fully saturated rings. The van der Waals surface area contributed by atoms with Crippen molar-refractivity contribution in [2.24, 2.45) is 0 Å². The molecule has 2 aromatic heterocycles. The van der Waals surface area contributed by atoms with Crippen LogP contribution in [0.4, 0.5) is 5.69 Å². The van der Waals surface area contributed by atoms with E-state index in [0.29, 0.717) is 17.3 Å². The van der Waals surface area contributed by atoms with Crippen molar-refractivity contribution in [1.29, 1.82) is 0 Å². The third-order valence-corrected chi connectivity index (χ3v) is 4.25. The Balaban J connectivity index is 2.05. The van der Waals surface area contributed by atoms with E-state index in [4.69, 9.17) is 5.73 Å². The van der Waals surface area contributed by atoms with Crippen LogP contribution in [0.2, 0.25) is 0 Å². The molecule has 1 saturated heterocycles. The number of hydrogen-bond acceptors (Lipinski definition) is 4. The molecule has 0 radical (unpaired) electrons. The number of aromatic amines is 1. The number of nitrogens with one attached hydrogen (secondary N) is 2. The largest absolute Gasteiger partial charge is 0.398 e. The van der Waals surface area contributed by atoms with Gasteiger partial charge in [-0.1, -0.05) is 6.07 Å². The van der Waals surface area contributed by atoms with Gasteiger partial charge in [0.15, 0.2) is 0 Å². The Labute approximate surface area is 121 Å². The average Bonchev–Trinajstić information content (AvgIpc) is 2.87. The fourth-order valence-electron chi connectivity index (χ4n) is 3.22. The Hall–Kier alpha value is -2.34. The van der Waals surface area contributed by atoms with Gasteiger partial charge in [-0.2, -0.15) is 5.10 Å². The van der Waals surface area contributed by atoms with Gasteiger partial charge in [0.25, 0.3) is 5.56 Å². The molecule has 6 heteroatoms. The summed E-state index contributed by atoms with van der Waals surface area (Å²) in [6, 6.07) is 7.31. The Bertz CT molecular complexity index is 873. The van der Waals surface area contributed by atoms with Crippen LogP contribution >= 0.6 is 0 Å². The summed E-state index contributed by atoms with van der Waals surface area (Å²) in [5.41, 5.74) is 9.09. The maximum atomic E-state index is 12.0. The van der Waals surface area contributed by atoms with Crippen LogP contribution in [0.25, 0.3) is 16.6 Å². The summed E-state index contributed by atoms with van der Waals surface area (Å²) in [7, 11) is 0. The molecule has 0 atom stereocenters. The molecule has 21 heavy (non-hydrogen) atoms. The zero-order chi connectivity index (χ0) is 14.4. The van der Waals surface area contributed by atoms with Crippen molar-refractivity contribution in [3.05, 3.63) is 40.3 Å². The first-order valence-electron chi connectivity index (χ1n) is 7.25. The topological polar surface area (TPSA) is 88.2 Å². The molecule has 4 N–H and O–H groups in total. The van der Waals surface area contributed by atoms with Crippen molar-refractivity contribution < 1.29 is 0 Å². The van der Waals surface area contributed by atoms with E-state index >= 15 is 0 Å². The van der Waals surface area contributed by atoms with Gasteiger partial charge in [-0.05, 0) is 38.1 Å². The molecular formula is C15H17N5O. The molecule has 0 unspecified atom stereocenters. The van der Waals surface area contributed by atoms with Crippen LogP contribution < -0.4 is 16.6 Å². The number of benzene rings is 1. The summed E-state index contributed by atoms with van der Waals surface area (Å²) in [4.78, 5) is 14.9. The van der Waals surface area contributed by atoms with Crippen LogP contribution in [0, 0.1) is 0 Å². The summed E-state index contributed by atoms with van der Waals surface area (Å²) in [6.07, 6.45) is 2.04. The summed E-state index contributed by atoms with van der Waals surface area (Å²) in [6.45, 7) is 1.95. The number of aromatic nitrogens is 3. The number of nitrogens with zero attached hydrogens (tertiary/aromatic N) is 2. The van der Waals surface area contributed by atoms with Gasteiger partial charge in [-0.25, -0.2) is 4.52 Å². The van der Waals surface area contributed by atoms with Crippen LogP contribution in [0.15, 0.2) is 29.1 Å². The van der Waals surface area contributed by atoms with Gasteiger partial charge in [-0.15, -0.1) is 0 Å². The number of nitrogens with two attached hydrogens (primary N) is 1. The van der Waals surface area contributed by atoms with Gasteiger partial charge >= 0.3 is 0 Å². The first-order valence-corrected chi connectivity index (χ1v) is 7.25. The van der Waals surface area contributed by atoms with E-state index in [1.165, 1.54) is 0 Å². The lowest BCUT2D eigenvalue weighted by molar-refractivity contribution is 0.446. The van der Waals surface area contributed by atoms with Crippen molar-refractivity contribution in [2.45, 2.75) is 18.8 Å². The SMILES string of the molecule is Nc1cccc2nn3c(C4CCNCC4)cc(=O)[nH]c3c12. The molecule has 0 aliphatic carbocycles. The Morgan fingerprint density at radius 2 is 2.10 bits per heavy atom. The smallest absolute Gasteiger partial charge is 0.251 e. The van der Waals surface area contributed by atoms with Gasteiger partial charge < -0.3 is 16.0 Å². The van der Waals surface area contributed by atoms with E-state index in [2.05, 4.69) is 15.4 Å². The normalized spacial score (nSPS) is 16.8. The summed E-state index contributed by atoms with van der Waals surface area (Å²) in [5.74, 6) is 0.353. The van der Waals surface area contributed by atoms with E-state index in [0.717, 1.165) is 42.5 Å². The fourth-order valence-corrected chi connectivity index (χ4v) is 3.22. The molecule has 4 rings (SSSR count). The highest BCUT2D eigenvalue weighted by Gasteiger charge is 2.21. The second kappa shape index (κ2) is 4.60. The second-order valence-electron chi connectivity index (χ2n) is 5.58. The number of piperidine rings is 1. The van der Waals surface area contributed by atoms with Crippen LogP contribution in [-0.4, -0.2) is 27.7 Å². The average molecular weight is 283 g/mol. The Kier molecular flexibility index (Phi) is 2.71. The maximum absolute atomic E-state index is 12.0. The minimum Gasteiger partial charge on any atom is -0.398 e. The lowest BCUT2D eigenvalue weighted by Crippen LogP contribution is -2.28. The zero-order valence-corrected chi connectivity index (χ0v) is 11.6. The molecular weight excluding hydrogens is 266 g/mol. The zero-order valence-electron chi connectivity index (χ0n) is 11.6. The monoisotopic (exact) mass is 283 g/mol. The minimum absolute atomic E-state index is 0.0962. The molecule has 1 aliphatic rings. The molecule has 0 spiro atoms. The highest BCUT2D eigenvalue weighted by Crippen LogP contribution is 2.28. The van der Waals surface area contributed by atoms with Crippen LogP contribution in [0.5, 0.6) is 0 Å². The first-order chi connectivity index (χ1) is 10.2. The predicted octanol–water partition coefficient (Wildman–Crippen LogP) is 1.22.